The SMILES string of the molecule is O=C(Nc1cccc(Cl)c1)N1CCC[C@H]1CO. The van der Waals surface area contributed by atoms with Gasteiger partial charge in [-0.05, 0) is 31.0 Å². The topological polar surface area (TPSA) is 52.6 Å². The van der Waals surface area contributed by atoms with Gasteiger partial charge in [-0.1, -0.05) is 17.7 Å². The highest BCUT2D eigenvalue weighted by Crippen LogP contribution is 2.20. The minimum absolute atomic E-state index is 0.0168. The van der Waals surface area contributed by atoms with Gasteiger partial charge in [-0.25, -0.2) is 4.79 Å². The molecule has 2 N–H and O–H groups in total. The molecule has 1 aliphatic heterocycles. The quantitative estimate of drug-likeness (QED) is 0.851. The van der Waals surface area contributed by atoms with Crippen LogP contribution in [0.3, 0.4) is 0 Å². The second-order valence-electron chi connectivity index (χ2n) is 4.11. The number of hydrogen-bond donors (Lipinski definition) is 2. The van der Waals surface area contributed by atoms with Crippen LogP contribution in [0.2, 0.25) is 5.02 Å². The van der Waals surface area contributed by atoms with E-state index in [2.05, 4.69) is 5.32 Å². The number of carbonyl (C=O) groups excluding carboxylic acids is 1. The minimum atomic E-state index is -0.177. The number of benzene rings is 1. The van der Waals surface area contributed by atoms with E-state index in [1.54, 1.807) is 29.2 Å². The van der Waals surface area contributed by atoms with E-state index in [0.29, 0.717) is 17.3 Å². The molecule has 1 aliphatic rings. The number of nitrogens with one attached hydrogen (secondary N) is 1. The average molecular weight is 255 g/mol. The third-order valence-corrected chi connectivity index (χ3v) is 3.16. The number of halogens is 1. The Labute approximate surface area is 105 Å². The molecule has 2 rings (SSSR count). The zero-order valence-electron chi connectivity index (χ0n) is 9.40. The number of amides is 2. The molecule has 0 aliphatic carbocycles. The van der Waals surface area contributed by atoms with Gasteiger partial charge in [0.25, 0.3) is 0 Å². The average Bonchev–Trinajstić information content (AvgIpc) is 2.77. The fraction of sp³-hybridized carbons (Fsp3) is 0.417. The third kappa shape index (κ3) is 2.90. The predicted molar refractivity (Wildman–Crippen MR) is 67.3 cm³/mol. The van der Waals surface area contributed by atoms with Gasteiger partial charge in [0.05, 0.1) is 12.6 Å². The zero-order valence-corrected chi connectivity index (χ0v) is 10.2. The van der Waals surface area contributed by atoms with Gasteiger partial charge in [0.1, 0.15) is 0 Å². The highest BCUT2D eigenvalue weighted by atomic mass is 35.5. The molecule has 1 atom stereocenters. The Hall–Kier alpha value is -1.26. The van der Waals surface area contributed by atoms with Crippen LogP contribution >= 0.6 is 11.6 Å². The van der Waals surface area contributed by atoms with Crippen LogP contribution in [-0.4, -0.2) is 35.2 Å². The molecular formula is C12H15ClN2O2. The van der Waals surface area contributed by atoms with Crippen LogP contribution in [0.4, 0.5) is 10.5 Å². The summed E-state index contributed by atoms with van der Waals surface area (Å²) >= 11 is 5.84. The van der Waals surface area contributed by atoms with E-state index in [1.165, 1.54) is 0 Å². The molecule has 17 heavy (non-hydrogen) atoms. The summed E-state index contributed by atoms with van der Waals surface area (Å²) < 4.78 is 0. The summed E-state index contributed by atoms with van der Waals surface area (Å²) in [7, 11) is 0. The van der Waals surface area contributed by atoms with E-state index in [4.69, 9.17) is 16.7 Å². The lowest BCUT2D eigenvalue weighted by Gasteiger charge is -2.23. The van der Waals surface area contributed by atoms with E-state index >= 15 is 0 Å². The first-order valence-corrected chi connectivity index (χ1v) is 6.02. The summed E-state index contributed by atoms with van der Waals surface area (Å²) in [6, 6.07) is 6.78. The second-order valence-corrected chi connectivity index (χ2v) is 4.55. The Kier molecular flexibility index (Phi) is 3.86. The highest BCUT2D eigenvalue weighted by Gasteiger charge is 2.27. The van der Waals surface area contributed by atoms with Crippen LogP contribution in [0.15, 0.2) is 24.3 Å². The molecule has 0 radical (unpaired) electrons. The Morgan fingerprint density at radius 2 is 2.41 bits per heavy atom. The number of aliphatic hydroxyl groups is 1. The maximum absolute atomic E-state index is 12.0. The molecule has 0 unspecified atom stereocenters. The van der Waals surface area contributed by atoms with Crippen molar-refractivity contribution in [1.82, 2.24) is 4.90 Å². The minimum Gasteiger partial charge on any atom is -0.394 e. The van der Waals surface area contributed by atoms with Gasteiger partial charge in [-0.3, -0.25) is 0 Å². The number of hydrogen-bond acceptors (Lipinski definition) is 2. The number of nitrogens with zero attached hydrogens (tertiary/aromatic N) is 1. The Morgan fingerprint density at radius 1 is 1.59 bits per heavy atom. The van der Waals surface area contributed by atoms with E-state index in [9.17, 15) is 4.79 Å². The van der Waals surface area contributed by atoms with Crippen molar-refractivity contribution in [3.63, 3.8) is 0 Å². The van der Waals surface area contributed by atoms with Crippen molar-refractivity contribution in [3.05, 3.63) is 29.3 Å². The van der Waals surface area contributed by atoms with E-state index in [1.807, 2.05) is 0 Å². The summed E-state index contributed by atoms with van der Waals surface area (Å²) in [6.07, 6.45) is 1.80. The largest absolute Gasteiger partial charge is 0.394 e. The van der Waals surface area contributed by atoms with E-state index in [-0.39, 0.29) is 18.7 Å². The van der Waals surface area contributed by atoms with Crippen molar-refractivity contribution in [2.45, 2.75) is 18.9 Å². The van der Waals surface area contributed by atoms with E-state index < -0.39 is 0 Å². The Morgan fingerprint density at radius 3 is 3.12 bits per heavy atom. The molecule has 1 fully saturated rings. The van der Waals surface area contributed by atoms with Gasteiger partial charge in [0, 0.05) is 17.3 Å². The van der Waals surface area contributed by atoms with Crippen molar-refractivity contribution in [3.8, 4) is 0 Å². The van der Waals surface area contributed by atoms with Crippen molar-refractivity contribution in [1.29, 1.82) is 0 Å². The molecule has 1 heterocycles. The first-order valence-electron chi connectivity index (χ1n) is 5.65. The monoisotopic (exact) mass is 254 g/mol. The molecule has 1 aromatic carbocycles. The molecule has 1 aromatic rings. The van der Waals surface area contributed by atoms with Crippen LogP contribution in [0.1, 0.15) is 12.8 Å². The molecule has 0 saturated carbocycles. The number of carbonyl (C=O) groups is 1. The number of likely N-dealkylation sites (tertiary alicyclic amines) is 1. The molecule has 1 saturated heterocycles. The smallest absolute Gasteiger partial charge is 0.322 e. The first-order chi connectivity index (χ1) is 8.20. The van der Waals surface area contributed by atoms with Gasteiger partial charge >= 0.3 is 6.03 Å². The Bertz CT molecular complexity index is 411. The zero-order chi connectivity index (χ0) is 12.3. The molecule has 2 amide bonds. The van der Waals surface area contributed by atoms with Crippen LogP contribution in [0.25, 0.3) is 0 Å². The van der Waals surface area contributed by atoms with Crippen LogP contribution in [-0.2, 0) is 0 Å². The molecule has 5 heteroatoms. The molecular weight excluding hydrogens is 240 g/mol. The summed E-state index contributed by atoms with van der Waals surface area (Å²) in [5.41, 5.74) is 0.672. The van der Waals surface area contributed by atoms with Crippen molar-refractivity contribution in [2.75, 3.05) is 18.5 Å². The first kappa shape index (κ1) is 12.2. The lowest BCUT2D eigenvalue weighted by Crippen LogP contribution is -2.40. The highest BCUT2D eigenvalue weighted by molar-refractivity contribution is 6.30. The van der Waals surface area contributed by atoms with E-state index in [0.717, 1.165) is 12.8 Å². The summed E-state index contributed by atoms with van der Waals surface area (Å²) in [4.78, 5) is 13.6. The third-order valence-electron chi connectivity index (χ3n) is 2.92. The van der Waals surface area contributed by atoms with Crippen molar-refractivity contribution >= 4 is 23.3 Å². The number of anilines is 1. The molecule has 0 bridgehead atoms. The molecule has 4 nitrogen and oxygen atoms in total. The summed E-state index contributed by atoms with van der Waals surface area (Å²) in [6.45, 7) is 0.709. The maximum atomic E-state index is 12.0. The number of rotatable bonds is 2. The standard InChI is InChI=1S/C12H15ClN2O2/c13-9-3-1-4-10(7-9)14-12(17)15-6-2-5-11(15)8-16/h1,3-4,7,11,16H,2,5-6,8H2,(H,14,17)/t11-/m0/s1. The second kappa shape index (κ2) is 5.38. The fourth-order valence-corrected chi connectivity index (χ4v) is 2.24. The normalized spacial score (nSPS) is 19.4. The van der Waals surface area contributed by atoms with Gasteiger partial charge in [0.2, 0.25) is 0 Å². The Balaban J connectivity index is 2.01. The van der Waals surface area contributed by atoms with Crippen LogP contribution in [0.5, 0.6) is 0 Å². The molecule has 92 valence electrons. The van der Waals surface area contributed by atoms with Gasteiger partial charge in [-0.2, -0.15) is 0 Å². The van der Waals surface area contributed by atoms with Gasteiger partial charge in [-0.15, -0.1) is 0 Å². The lowest BCUT2D eigenvalue weighted by atomic mass is 10.2. The molecule has 0 aromatic heterocycles. The fourth-order valence-electron chi connectivity index (χ4n) is 2.05. The van der Waals surface area contributed by atoms with Crippen LogP contribution < -0.4 is 5.32 Å². The van der Waals surface area contributed by atoms with Crippen molar-refractivity contribution in [2.24, 2.45) is 0 Å². The number of aliphatic hydroxyl groups excluding tert-OH is 1. The van der Waals surface area contributed by atoms with Gasteiger partial charge < -0.3 is 15.3 Å². The van der Waals surface area contributed by atoms with Crippen LogP contribution in [0, 0.1) is 0 Å². The predicted octanol–water partition coefficient (Wildman–Crippen LogP) is 2.33. The molecule has 0 spiro atoms. The lowest BCUT2D eigenvalue weighted by molar-refractivity contribution is 0.166. The summed E-state index contributed by atoms with van der Waals surface area (Å²) in [5, 5.41) is 12.5. The summed E-state index contributed by atoms with van der Waals surface area (Å²) in [5.74, 6) is 0. The van der Waals surface area contributed by atoms with Crippen molar-refractivity contribution < 1.29 is 9.90 Å². The van der Waals surface area contributed by atoms with Gasteiger partial charge in [0.15, 0.2) is 0 Å². The maximum Gasteiger partial charge on any atom is 0.322 e. The number of urea groups is 1.